The number of carbonyl (C=O) groups excluding carboxylic acids is 1. The summed E-state index contributed by atoms with van der Waals surface area (Å²) in [5, 5.41) is 2.16. The first-order valence-corrected chi connectivity index (χ1v) is 10.4. The van der Waals surface area contributed by atoms with Crippen LogP contribution in [0.2, 0.25) is 0 Å². The number of anilines is 2. The molecule has 6 nitrogen and oxygen atoms in total. The number of hydrogen-bond donors (Lipinski definition) is 1. The van der Waals surface area contributed by atoms with Crippen LogP contribution in [0.1, 0.15) is 0 Å². The number of amides is 1. The predicted octanol–water partition coefficient (Wildman–Crippen LogP) is 3.56. The fourth-order valence-electron chi connectivity index (χ4n) is 3.11. The molecule has 1 aliphatic rings. The average molecular weight is 430 g/mol. The Hall–Kier alpha value is -3.46. The molecule has 0 saturated carbocycles. The minimum atomic E-state index is -4.01. The Morgan fingerprint density at radius 1 is 0.933 bits per heavy atom. The summed E-state index contributed by atoms with van der Waals surface area (Å²) < 4.78 is 60.9. The maximum absolute atomic E-state index is 13.9. The number of benzene rings is 3. The molecule has 0 unspecified atom stereocenters. The maximum atomic E-state index is 13.9. The first-order chi connectivity index (χ1) is 14.4. The third kappa shape index (κ3) is 3.59. The maximum Gasteiger partial charge on any atom is 0.267 e. The van der Waals surface area contributed by atoms with Crippen LogP contribution in [-0.4, -0.2) is 27.0 Å². The number of sulfonamides is 1. The van der Waals surface area contributed by atoms with Crippen molar-refractivity contribution in [3.63, 3.8) is 0 Å². The van der Waals surface area contributed by atoms with E-state index in [9.17, 15) is 22.0 Å². The molecule has 0 saturated heterocycles. The molecule has 9 heteroatoms. The molecule has 0 spiro atoms. The zero-order valence-corrected chi connectivity index (χ0v) is 16.3. The highest BCUT2D eigenvalue weighted by atomic mass is 32.2. The largest absolute Gasteiger partial charge is 0.476 e. The number of nitrogens with zero attached hydrogens (tertiary/aromatic N) is 1. The van der Waals surface area contributed by atoms with E-state index in [1.807, 2.05) is 0 Å². The summed E-state index contributed by atoms with van der Waals surface area (Å²) in [6, 6.07) is 17.3. The second kappa shape index (κ2) is 7.75. The molecule has 1 amide bonds. The molecule has 154 valence electrons. The Kier molecular flexibility index (Phi) is 5.13. The Morgan fingerprint density at radius 2 is 1.57 bits per heavy atom. The number of ether oxygens (including phenoxy) is 1. The van der Waals surface area contributed by atoms with E-state index < -0.39 is 39.4 Å². The molecule has 1 aliphatic heterocycles. The van der Waals surface area contributed by atoms with E-state index in [1.54, 1.807) is 36.4 Å². The van der Waals surface area contributed by atoms with Crippen LogP contribution >= 0.6 is 0 Å². The van der Waals surface area contributed by atoms with Crippen LogP contribution < -0.4 is 14.4 Å². The molecule has 1 N–H and O–H groups in total. The van der Waals surface area contributed by atoms with Crippen molar-refractivity contribution in [1.82, 2.24) is 0 Å². The van der Waals surface area contributed by atoms with Gasteiger partial charge >= 0.3 is 0 Å². The minimum absolute atomic E-state index is 0.0426. The van der Waals surface area contributed by atoms with Crippen molar-refractivity contribution in [2.75, 3.05) is 16.2 Å². The zero-order valence-electron chi connectivity index (χ0n) is 15.5. The van der Waals surface area contributed by atoms with E-state index in [4.69, 9.17) is 4.74 Å². The Balaban J connectivity index is 1.69. The van der Waals surface area contributed by atoms with E-state index in [0.29, 0.717) is 0 Å². The highest BCUT2D eigenvalue weighted by Gasteiger charge is 2.37. The third-order valence-electron chi connectivity index (χ3n) is 4.57. The first-order valence-electron chi connectivity index (χ1n) is 8.96. The summed E-state index contributed by atoms with van der Waals surface area (Å²) >= 11 is 0. The summed E-state index contributed by atoms with van der Waals surface area (Å²) in [6.45, 7) is -0.365. The van der Waals surface area contributed by atoms with Crippen molar-refractivity contribution in [2.45, 2.75) is 11.0 Å². The summed E-state index contributed by atoms with van der Waals surface area (Å²) in [5.74, 6) is -2.61. The lowest BCUT2D eigenvalue weighted by molar-refractivity contribution is -0.122. The number of rotatable bonds is 4. The van der Waals surface area contributed by atoms with Crippen LogP contribution in [0.4, 0.5) is 20.2 Å². The van der Waals surface area contributed by atoms with Crippen molar-refractivity contribution >= 4 is 27.3 Å². The van der Waals surface area contributed by atoms with Crippen molar-refractivity contribution in [3.8, 4) is 5.75 Å². The van der Waals surface area contributed by atoms with Crippen molar-refractivity contribution in [2.24, 2.45) is 0 Å². The number of fused-ring (bicyclic) bond motifs is 1. The van der Waals surface area contributed by atoms with Gasteiger partial charge in [-0.2, -0.15) is 0 Å². The van der Waals surface area contributed by atoms with Crippen LogP contribution in [0.25, 0.3) is 0 Å². The molecule has 0 bridgehead atoms. The molecular weight excluding hydrogens is 414 g/mol. The first kappa shape index (κ1) is 19.8. The van der Waals surface area contributed by atoms with Gasteiger partial charge in [0, 0.05) is 0 Å². The Morgan fingerprint density at radius 3 is 2.27 bits per heavy atom. The fraction of sp³-hybridized carbons (Fsp3) is 0.0952. The van der Waals surface area contributed by atoms with Gasteiger partial charge in [-0.05, 0) is 36.4 Å². The molecule has 3 aromatic rings. The van der Waals surface area contributed by atoms with Crippen LogP contribution in [0, 0.1) is 11.6 Å². The monoisotopic (exact) mass is 430 g/mol. The second-order valence-corrected chi connectivity index (χ2v) is 8.37. The molecule has 1 heterocycles. The lowest BCUT2D eigenvalue weighted by atomic mass is 10.2. The number of halogens is 2. The van der Waals surface area contributed by atoms with E-state index >= 15 is 0 Å². The minimum Gasteiger partial charge on any atom is -0.476 e. The summed E-state index contributed by atoms with van der Waals surface area (Å²) in [6.07, 6.45) is -1.32. The van der Waals surface area contributed by atoms with E-state index in [1.165, 1.54) is 24.3 Å². The van der Waals surface area contributed by atoms with Gasteiger partial charge in [0.05, 0.1) is 17.1 Å². The van der Waals surface area contributed by atoms with Crippen LogP contribution in [-0.2, 0) is 14.8 Å². The van der Waals surface area contributed by atoms with Crippen molar-refractivity contribution in [3.05, 3.63) is 84.4 Å². The standard InChI is InChI=1S/C21H16F2N2O4S/c22-15-9-6-10-16(23)20(15)24-21(26)19-13-25(17-11-4-5-12-18(17)29-19)30(27,28)14-7-2-1-3-8-14/h1-12,19H,13H2,(H,24,26)/t19-/m0/s1. The molecule has 0 aromatic heterocycles. The molecule has 4 rings (SSSR count). The van der Waals surface area contributed by atoms with Gasteiger partial charge in [0.2, 0.25) is 0 Å². The van der Waals surface area contributed by atoms with Gasteiger partial charge in [0.1, 0.15) is 23.1 Å². The molecule has 0 aliphatic carbocycles. The number of nitrogens with one attached hydrogen (secondary N) is 1. The van der Waals surface area contributed by atoms with Crippen LogP contribution in [0.5, 0.6) is 5.75 Å². The smallest absolute Gasteiger partial charge is 0.267 e. The van der Waals surface area contributed by atoms with Gasteiger partial charge in [-0.15, -0.1) is 0 Å². The number of carbonyl (C=O) groups is 1. The molecule has 0 fully saturated rings. The van der Waals surface area contributed by atoms with E-state index in [-0.39, 0.29) is 22.9 Å². The summed E-state index contributed by atoms with van der Waals surface area (Å²) in [5.41, 5.74) is -0.357. The predicted molar refractivity (Wildman–Crippen MR) is 107 cm³/mol. The fourth-order valence-corrected chi connectivity index (χ4v) is 4.60. The second-order valence-electron chi connectivity index (χ2n) is 6.51. The summed E-state index contributed by atoms with van der Waals surface area (Å²) in [7, 11) is -4.01. The molecule has 30 heavy (non-hydrogen) atoms. The average Bonchev–Trinajstić information content (AvgIpc) is 2.76. The lowest BCUT2D eigenvalue weighted by Crippen LogP contribution is -2.49. The molecular formula is C21H16F2N2O4S. The van der Waals surface area contributed by atoms with E-state index in [0.717, 1.165) is 16.4 Å². The van der Waals surface area contributed by atoms with Crippen LogP contribution in [0.3, 0.4) is 0 Å². The Labute approximate surface area is 171 Å². The quantitative estimate of drug-likeness (QED) is 0.687. The molecule has 1 atom stereocenters. The highest BCUT2D eigenvalue weighted by Crippen LogP contribution is 2.37. The number of para-hydroxylation sites is 3. The van der Waals surface area contributed by atoms with Gasteiger partial charge in [-0.1, -0.05) is 36.4 Å². The molecule has 3 aromatic carbocycles. The van der Waals surface area contributed by atoms with E-state index in [2.05, 4.69) is 5.32 Å². The zero-order chi connectivity index (χ0) is 21.3. The lowest BCUT2D eigenvalue weighted by Gasteiger charge is -2.34. The topological polar surface area (TPSA) is 75.7 Å². The summed E-state index contributed by atoms with van der Waals surface area (Å²) in [4.78, 5) is 12.7. The van der Waals surface area contributed by atoms with Crippen LogP contribution in [0.15, 0.2) is 77.7 Å². The Bertz CT molecular complexity index is 1180. The number of hydrogen-bond acceptors (Lipinski definition) is 4. The molecule has 0 radical (unpaired) electrons. The van der Waals surface area contributed by atoms with Gasteiger partial charge < -0.3 is 10.1 Å². The van der Waals surface area contributed by atoms with Gasteiger partial charge in [-0.25, -0.2) is 17.2 Å². The normalized spacial score (nSPS) is 15.8. The van der Waals surface area contributed by atoms with Gasteiger partial charge in [0.25, 0.3) is 15.9 Å². The highest BCUT2D eigenvalue weighted by molar-refractivity contribution is 7.92. The third-order valence-corrected chi connectivity index (χ3v) is 6.36. The van der Waals surface area contributed by atoms with Gasteiger partial charge in [0.15, 0.2) is 6.10 Å². The SMILES string of the molecule is O=C(Nc1c(F)cccc1F)[C@@H]1CN(S(=O)(=O)c2ccccc2)c2ccccc2O1. The van der Waals surface area contributed by atoms with Crippen molar-refractivity contribution in [1.29, 1.82) is 0 Å². The van der Waals surface area contributed by atoms with Crippen molar-refractivity contribution < 1.29 is 26.7 Å². The van der Waals surface area contributed by atoms with Gasteiger partial charge in [-0.3, -0.25) is 9.10 Å².